The van der Waals surface area contributed by atoms with Gasteiger partial charge in [0.2, 0.25) is 0 Å². The van der Waals surface area contributed by atoms with E-state index in [0.29, 0.717) is 0 Å². The van der Waals surface area contributed by atoms with E-state index in [9.17, 15) is 10.2 Å². The Morgan fingerprint density at radius 1 is 1.29 bits per heavy atom. The van der Waals surface area contributed by atoms with Crippen molar-refractivity contribution in [3.8, 4) is 6.07 Å². The highest BCUT2D eigenvalue weighted by molar-refractivity contribution is 5.08. The van der Waals surface area contributed by atoms with Crippen LogP contribution in [0.15, 0.2) is 0 Å². The van der Waals surface area contributed by atoms with E-state index in [4.69, 9.17) is 5.26 Å². The Morgan fingerprint density at radius 3 is 1.93 bits per heavy atom. The minimum absolute atomic E-state index is 0.0530. The van der Waals surface area contributed by atoms with Gasteiger partial charge in [0.15, 0.2) is 5.60 Å². The van der Waals surface area contributed by atoms with Gasteiger partial charge >= 0.3 is 0 Å². The molecule has 0 radical (unpaired) electrons. The van der Waals surface area contributed by atoms with Gasteiger partial charge < -0.3 is 10.2 Å². The van der Waals surface area contributed by atoms with Gasteiger partial charge in [-0.1, -0.05) is 34.6 Å². The number of nitriles is 1. The molecular weight excluding hydrogens is 178 g/mol. The molecule has 82 valence electrons. The van der Waals surface area contributed by atoms with Gasteiger partial charge in [0.05, 0.1) is 12.2 Å². The Labute approximate surface area is 86.4 Å². The Kier molecular flexibility index (Phi) is 4.11. The lowest BCUT2D eigenvalue weighted by Crippen LogP contribution is -2.45. The lowest BCUT2D eigenvalue weighted by atomic mass is 9.73. The second-order valence-corrected chi connectivity index (χ2v) is 5.24. The van der Waals surface area contributed by atoms with E-state index in [1.165, 1.54) is 0 Å². The zero-order valence-corrected chi connectivity index (χ0v) is 9.70. The predicted octanol–water partition coefficient (Wildman–Crippen LogP) is 1.69. The van der Waals surface area contributed by atoms with Crippen LogP contribution in [0, 0.1) is 22.7 Å². The van der Waals surface area contributed by atoms with Gasteiger partial charge in [-0.15, -0.1) is 0 Å². The molecule has 0 spiro atoms. The van der Waals surface area contributed by atoms with Crippen molar-refractivity contribution < 1.29 is 10.2 Å². The fourth-order valence-corrected chi connectivity index (χ4v) is 1.06. The van der Waals surface area contributed by atoms with Crippen LogP contribution in [0.1, 0.15) is 41.0 Å². The SMILES string of the molecule is CC(C)[C@@H](O)C[C@](O)(C#N)C(C)(C)C. The van der Waals surface area contributed by atoms with Crippen molar-refractivity contribution >= 4 is 0 Å². The van der Waals surface area contributed by atoms with E-state index < -0.39 is 17.1 Å². The van der Waals surface area contributed by atoms with E-state index >= 15 is 0 Å². The molecule has 0 aromatic rings. The summed E-state index contributed by atoms with van der Waals surface area (Å²) >= 11 is 0. The lowest BCUT2D eigenvalue weighted by molar-refractivity contribution is -0.0532. The number of hydrogen-bond donors (Lipinski definition) is 2. The molecule has 14 heavy (non-hydrogen) atoms. The highest BCUT2D eigenvalue weighted by Crippen LogP contribution is 2.34. The average molecular weight is 199 g/mol. The maximum Gasteiger partial charge on any atom is 0.158 e. The lowest BCUT2D eigenvalue weighted by Gasteiger charge is -2.36. The third-order valence-corrected chi connectivity index (χ3v) is 2.70. The Hall–Kier alpha value is -0.590. The highest BCUT2D eigenvalue weighted by atomic mass is 16.3. The largest absolute Gasteiger partial charge is 0.393 e. The van der Waals surface area contributed by atoms with Crippen LogP contribution in [0.4, 0.5) is 0 Å². The quantitative estimate of drug-likeness (QED) is 0.680. The first-order chi connectivity index (χ1) is 6.14. The van der Waals surface area contributed by atoms with E-state index in [-0.39, 0.29) is 12.3 Å². The number of aliphatic hydroxyl groups is 2. The third-order valence-electron chi connectivity index (χ3n) is 2.70. The third kappa shape index (κ3) is 2.97. The number of rotatable bonds is 3. The van der Waals surface area contributed by atoms with Crippen LogP contribution in [0.25, 0.3) is 0 Å². The smallest absolute Gasteiger partial charge is 0.158 e. The monoisotopic (exact) mass is 199 g/mol. The molecule has 0 saturated carbocycles. The molecule has 0 aliphatic heterocycles. The summed E-state index contributed by atoms with van der Waals surface area (Å²) in [6.45, 7) is 9.12. The zero-order chi connectivity index (χ0) is 11.6. The van der Waals surface area contributed by atoms with E-state index in [1.807, 2.05) is 19.9 Å². The number of hydrogen-bond acceptors (Lipinski definition) is 3. The minimum atomic E-state index is -1.46. The van der Waals surface area contributed by atoms with Crippen LogP contribution in [-0.2, 0) is 0 Å². The van der Waals surface area contributed by atoms with Crippen molar-refractivity contribution in [1.29, 1.82) is 5.26 Å². The van der Waals surface area contributed by atoms with Gasteiger partial charge in [0.25, 0.3) is 0 Å². The van der Waals surface area contributed by atoms with Crippen LogP contribution < -0.4 is 0 Å². The first kappa shape index (κ1) is 13.4. The molecule has 0 amide bonds. The molecule has 0 rings (SSSR count). The van der Waals surface area contributed by atoms with Gasteiger partial charge in [-0.05, 0) is 5.92 Å². The van der Waals surface area contributed by atoms with Crippen LogP contribution in [0.2, 0.25) is 0 Å². The maximum absolute atomic E-state index is 10.1. The molecule has 0 fully saturated rings. The summed E-state index contributed by atoms with van der Waals surface area (Å²) in [6, 6.07) is 1.90. The molecule has 2 N–H and O–H groups in total. The van der Waals surface area contributed by atoms with E-state index in [0.717, 1.165) is 0 Å². The Bertz CT molecular complexity index is 224. The number of nitrogens with zero attached hydrogens (tertiary/aromatic N) is 1. The van der Waals surface area contributed by atoms with Crippen molar-refractivity contribution in [1.82, 2.24) is 0 Å². The fraction of sp³-hybridized carbons (Fsp3) is 0.909. The second kappa shape index (κ2) is 4.29. The fourth-order valence-electron chi connectivity index (χ4n) is 1.06. The second-order valence-electron chi connectivity index (χ2n) is 5.24. The molecule has 2 atom stereocenters. The average Bonchev–Trinajstić information content (AvgIpc) is 2.01. The minimum Gasteiger partial charge on any atom is -0.393 e. The van der Waals surface area contributed by atoms with Crippen molar-refractivity contribution in [2.24, 2.45) is 11.3 Å². The summed E-state index contributed by atoms with van der Waals surface area (Å²) in [4.78, 5) is 0. The van der Waals surface area contributed by atoms with E-state index in [2.05, 4.69) is 0 Å². The molecule has 3 nitrogen and oxygen atoms in total. The molecule has 0 aliphatic rings. The van der Waals surface area contributed by atoms with Crippen LogP contribution in [0.3, 0.4) is 0 Å². The molecular formula is C11H21NO2. The molecule has 0 aromatic heterocycles. The van der Waals surface area contributed by atoms with Gasteiger partial charge in [0, 0.05) is 11.8 Å². The van der Waals surface area contributed by atoms with Crippen molar-refractivity contribution in [3.63, 3.8) is 0 Å². The topological polar surface area (TPSA) is 64.2 Å². The Balaban J connectivity index is 4.68. The Morgan fingerprint density at radius 2 is 1.71 bits per heavy atom. The summed E-state index contributed by atoms with van der Waals surface area (Å²) in [6.07, 6.45) is -0.538. The maximum atomic E-state index is 10.1. The van der Waals surface area contributed by atoms with Gasteiger partial charge in [0.1, 0.15) is 0 Å². The molecule has 3 heteroatoms. The van der Waals surface area contributed by atoms with Crippen molar-refractivity contribution in [2.75, 3.05) is 0 Å². The van der Waals surface area contributed by atoms with Crippen LogP contribution >= 0.6 is 0 Å². The first-order valence-corrected chi connectivity index (χ1v) is 4.96. The molecule has 0 aliphatic carbocycles. The summed E-state index contributed by atoms with van der Waals surface area (Å²) < 4.78 is 0. The first-order valence-electron chi connectivity index (χ1n) is 4.96. The van der Waals surface area contributed by atoms with Gasteiger partial charge in [-0.25, -0.2) is 0 Å². The van der Waals surface area contributed by atoms with Crippen LogP contribution in [-0.4, -0.2) is 21.9 Å². The van der Waals surface area contributed by atoms with Gasteiger partial charge in [-0.2, -0.15) is 5.26 Å². The summed E-state index contributed by atoms with van der Waals surface area (Å²) in [5.74, 6) is 0.0530. The zero-order valence-electron chi connectivity index (χ0n) is 9.70. The van der Waals surface area contributed by atoms with Crippen molar-refractivity contribution in [2.45, 2.75) is 52.7 Å². The summed E-state index contributed by atoms with van der Waals surface area (Å²) in [5.41, 5.74) is -2.01. The molecule has 0 saturated heterocycles. The van der Waals surface area contributed by atoms with E-state index in [1.54, 1.807) is 20.8 Å². The summed E-state index contributed by atoms with van der Waals surface area (Å²) in [7, 11) is 0. The highest BCUT2D eigenvalue weighted by Gasteiger charge is 2.42. The molecule has 0 bridgehead atoms. The molecule has 0 unspecified atom stereocenters. The van der Waals surface area contributed by atoms with Gasteiger partial charge in [-0.3, -0.25) is 0 Å². The standard InChI is InChI=1S/C11H21NO2/c1-8(2)9(13)6-11(14,7-12)10(3,4)5/h8-9,13-14H,6H2,1-5H3/t9-,11-/m0/s1. The van der Waals surface area contributed by atoms with Crippen LogP contribution in [0.5, 0.6) is 0 Å². The molecule has 0 aromatic carbocycles. The molecule has 0 heterocycles. The normalized spacial score (nSPS) is 18.8. The summed E-state index contributed by atoms with van der Waals surface area (Å²) in [5, 5.41) is 28.6. The van der Waals surface area contributed by atoms with Crippen molar-refractivity contribution in [3.05, 3.63) is 0 Å². The number of aliphatic hydroxyl groups excluding tert-OH is 1. The predicted molar refractivity (Wildman–Crippen MR) is 55.5 cm³/mol.